The number of ether oxygens (including phenoxy) is 4. The monoisotopic (exact) mass is 772 g/mol. The molecule has 0 fully saturated rings. The molecule has 10 heteroatoms. The second-order valence-electron chi connectivity index (χ2n) is 13.8. The van der Waals surface area contributed by atoms with E-state index in [0.29, 0.717) is 50.1 Å². The molecule has 0 bridgehead atoms. The number of nitrogens with zero attached hydrogens (tertiary/aromatic N) is 2. The summed E-state index contributed by atoms with van der Waals surface area (Å²) in [5.41, 5.74) is 3.16. The summed E-state index contributed by atoms with van der Waals surface area (Å²) in [6.07, 6.45) is 2.59. The normalized spacial score (nSPS) is 12.4. The molecular weight excluding hydrogens is 715 g/mol. The molecule has 56 heavy (non-hydrogen) atoms. The Morgan fingerprint density at radius 1 is 0.518 bits per heavy atom. The van der Waals surface area contributed by atoms with Crippen LogP contribution < -0.4 is 9.47 Å². The summed E-state index contributed by atoms with van der Waals surface area (Å²) in [4.78, 5) is 31.4. The lowest BCUT2D eigenvalue weighted by molar-refractivity contribution is -0.185. The summed E-state index contributed by atoms with van der Waals surface area (Å²) in [5, 5.41) is 0. The van der Waals surface area contributed by atoms with E-state index in [1.54, 1.807) is 24.3 Å². The van der Waals surface area contributed by atoms with E-state index in [2.05, 4.69) is 0 Å². The molecule has 4 aromatic carbocycles. The molecule has 2 unspecified atom stereocenters. The van der Waals surface area contributed by atoms with Crippen LogP contribution in [0, 0.1) is 11.6 Å². The predicted octanol–water partition coefficient (Wildman–Crippen LogP) is 8.98. The van der Waals surface area contributed by atoms with Gasteiger partial charge in [-0.2, -0.15) is 0 Å². The van der Waals surface area contributed by atoms with Gasteiger partial charge < -0.3 is 18.9 Å². The molecule has 0 saturated heterocycles. The molecule has 0 aromatic heterocycles. The first-order valence-electron chi connectivity index (χ1n) is 20.1. The van der Waals surface area contributed by atoms with Gasteiger partial charge in [0.05, 0.1) is 13.2 Å². The summed E-state index contributed by atoms with van der Waals surface area (Å²) in [6.45, 7) is 10.9. The van der Waals surface area contributed by atoms with Crippen molar-refractivity contribution in [2.45, 2.75) is 91.5 Å². The average Bonchev–Trinajstić information content (AvgIpc) is 3.20. The standard InChI is InChI=1S/C46H58F2N2O6/c1-5-27-49(28-6-2)41(33-37-21-15-23-39(47)43(37)53-31-25-35-17-11-9-12-18-35)55-45(51)46(52)56-42(50(29-7-3)30-8-4)34-38-22-16-24-40(48)44(38)54-32-26-36-19-13-10-14-20-36/h9-24,41-42H,5-8,25-34H2,1-4H3. The van der Waals surface area contributed by atoms with Crippen molar-refractivity contribution in [2.24, 2.45) is 0 Å². The summed E-state index contributed by atoms with van der Waals surface area (Å²) < 4.78 is 54.5. The smallest absolute Gasteiger partial charge is 0.419 e. The van der Waals surface area contributed by atoms with Crippen molar-refractivity contribution in [2.75, 3.05) is 39.4 Å². The highest BCUT2D eigenvalue weighted by Gasteiger charge is 2.32. The molecule has 0 aliphatic carbocycles. The van der Waals surface area contributed by atoms with Gasteiger partial charge in [-0.3, -0.25) is 9.80 Å². The minimum absolute atomic E-state index is 0.0889. The number of rotatable bonds is 24. The van der Waals surface area contributed by atoms with E-state index >= 15 is 8.78 Å². The Balaban J connectivity index is 1.54. The Bertz CT molecular complexity index is 1620. The highest BCUT2D eigenvalue weighted by atomic mass is 19.1. The van der Waals surface area contributed by atoms with Crippen molar-refractivity contribution >= 4 is 11.9 Å². The first kappa shape index (κ1) is 43.9. The molecule has 2 atom stereocenters. The Hall–Kier alpha value is -4.80. The summed E-state index contributed by atoms with van der Waals surface area (Å²) >= 11 is 0. The van der Waals surface area contributed by atoms with Crippen LogP contribution in [0.15, 0.2) is 97.1 Å². The molecule has 0 amide bonds. The lowest BCUT2D eigenvalue weighted by Gasteiger charge is -2.32. The van der Waals surface area contributed by atoms with E-state index in [1.165, 1.54) is 12.1 Å². The maximum Gasteiger partial charge on any atom is 0.419 e. The third kappa shape index (κ3) is 13.7. The third-order valence-electron chi connectivity index (χ3n) is 9.36. The van der Waals surface area contributed by atoms with E-state index in [-0.39, 0.29) is 37.6 Å². The fourth-order valence-electron chi connectivity index (χ4n) is 6.74. The zero-order valence-electron chi connectivity index (χ0n) is 33.4. The van der Waals surface area contributed by atoms with Crippen molar-refractivity contribution in [3.8, 4) is 11.5 Å². The van der Waals surface area contributed by atoms with Gasteiger partial charge in [0, 0.05) is 63.0 Å². The van der Waals surface area contributed by atoms with Crippen LogP contribution in [0.4, 0.5) is 8.78 Å². The maximum absolute atomic E-state index is 15.3. The van der Waals surface area contributed by atoms with E-state index in [9.17, 15) is 9.59 Å². The van der Waals surface area contributed by atoms with Gasteiger partial charge in [-0.25, -0.2) is 18.4 Å². The number of hydrogen-bond donors (Lipinski definition) is 0. The molecule has 0 N–H and O–H groups in total. The van der Waals surface area contributed by atoms with Crippen LogP contribution in [0.3, 0.4) is 0 Å². The first-order valence-corrected chi connectivity index (χ1v) is 20.1. The van der Waals surface area contributed by atoms with E-state index < -0.39 is 36.0 Å². The molecule has 8 nitrogen and oxygen atoms in total. The second kappa shape index (κ2) is 24.0. The van der Waals surface area contributed by atoms with Crippen LogP contribution in [-0.2, 0) is 44.7 Å². The summed E-state index contributed by atoms with van der Waals surface area (Å²) in [5.74, 6) is -3.18. The van der Waals surface area contributed by atoms with Crippen molar-refractivity contribution in [1.82, 2.24) is 9.80 Å². The van der Waals surface area contributed by atoms with Gasteiger partial charge >= 0.3 is 11.9 Å². The average molecular weight is 773 g/mol. The van der Waals surface area contributed by atoms with Crippen molar-refractivity contribution in [3.63, 3.8) is 0 Å². The van der Waals surface area contributed by atoms with Crippen molar-refractivity contribution in [1.29, 1.82) is 0 Å². The van der Waals surface area contributed by atoms with Gasteiger partial charge in [0.1, 0.15) is 0 Å². The molecule has 4 aromatic rings. The van der Waals surface area contributed by atoms with E-state index in [0.717, 1.165) is 36.8 Å². The van der Waals surface area contributed by atoms with Crippen molar-refractivity contribution < 1.29 is 37.3 Å². The van der Waals surface area contributed by atoms with Gasteiger partial charge in [0.25, 0.3) is 0 Å². The summed E-state index contributed by atoms with van der Waals surface area (Å²) in [6, 6.07) is 29.0. The second-order valence-corrected chi connectivity index (χ2v) is 13.8. The lowest BCUT2D eigenvalue weighted by Crippen LogP contribution is -2.45. The van der Waals surface area contributed by atoms with Crippen molar-refractivity contribution in [3.05, 3.63) is 131 Å². The van der Waals surface area contributed by atoms with Gasteiger partial charge in [-0.1, -0.05) is 113 Å². The van der Waals surface area contributed by atoms with Crippen LogP contribution in [0.25, 0.3) is 0 Å². The number of hydrogen-bond acceptors (Lipinski definition) is 8. The van der Waals surface area contributed by atoms with Crippen LogP contribution >= 0.6 is 0 Å². The number of halogens is 2. The van der Waals surface area contributed by atoms with Crippen LogP contribution in [0.1, 0.15) is 75.6 Å². The largest absolute Gasteiger partial charge is 0.490 e. The van der Waals surface area contributed by atoms with Gasteiger partial charge in [0.15, 0.2) is 35.6 Å². The minimum Gasteiger partial charge on any atom is -0.490 e. The van der Waals surface area contributed by atoms with Crippen LogP contribution in [-0.4, -0.2) is 73.6 Å². The number of esters is 2. The van der Waals surface area contributed by atoms with Crippen LogP contribution in [0.5, 0.6) is 11.5 Å². The Labute approximate surface area is 331 Å². The fraction of sp³-hybridized carbons (Fsp3) is 0.435. The van der Waals surface area contributed by atoms with E-state index in [1.807, 2.05) is 98.2 Å². The third-order valence-corrected chi connectivity index (χ3v) is 9.36. The molecule has 0 saturated carbocycles. The SMILES string of the molecule is CCCN(CCC)C(Cc1cccc(F)c1OCCc1ccccc1)OC(=O)C(=O)OC(Cc1cccc(F)c1OCCc1ccccc1)N(CCC)CCC. The molecule has 0 aliphatic rings. The molecule has 302 valence electrons. The molecule has 0 spiro atoms. The number of benzene rings is 4. The molecule has 0 radical (unpaired) electrons. The molecule has 0 heterocycles. The predicted molar refractivity (Wildman–Crippen MR) is 216 cm³/mol. The number of carbonyl (C=O) groups is 2. The Kier molecular flexibility index (Phi) is 18.8. The first-order chi connectivity index (χ1) is 27.3. The summed E-state index contributed by atoms with van der Waals surface area (Å²) in [7, 11) is 0. The molecule has 0 aliphatic heterocycles. The van der Waals surface area contributed by atoms with Crippen LogP contribution in [0.2, 0.25) is 0 Å². The Morgan fingerprint density at radius 3 is 1.21 bits per heavy atom. The topological polar surface area (TPSA) is 77.5 Å². The highest BCUT2D eigenvalue weighted by molar-refractivity contribution is 6.29. The zero-order valence-corrected chi connectivity index (χ0v) is 33.4. The Morgan fingerprint density at radius 2 is 0.875 bits per heavy atom. The zero-order chi connectivity index (χ0) is 40.1. The minimum atomic E-state index is -1.16. The molecular formula is C46H58F2N2O6. The lowest BCUT2D eigenvalue weighted by atomic mass is 10.1. The van der Waals surface area contributed by atoms with Gasteiger partial charge in [0.2, 0.25) is 0 Å². The fourth-order valence-corrected chi connectivity index (χ4v) is 6.74. The number of carbonyl (C=O) groups excluding carboxylic acids is 2. The number of para-hydroxylation sites is 2. The molecule has 4 rings (SSSR count). The highest BCUT2D eigenvalue weighted by Crippen LogP contribution is 2.28. The van der Waals surface area contributed by atoms with E-state index in [4.69, 9.17) is 18.9 Å². The maximum atomic E-state index is 15.3. The van der Waals surface area contributed by atoms with Gasteiger partial charge in [-0.05, 0) is 48.9 Å². The van der Waals surface area contributed by atoms with Gasteiger partial charge in [-0.15, -0.1) is 0 Å². The quantitative estimate of drug-likeness (QED) is 0.0397.